The van der Waals surface area contributed by atoms with E-state index >= 15 is 0 Å². The quantitative estimate of drug-likeness (QED) is 0.828. The fourth-order valence-electron chi connectivity index (χ4n) is 1.53. The van der Waals surface area contributed by atoms with Gasteiger partial charge in [-0.3, -0.25) is 20.4 Å². The molecule has 0 aliphatic heterocycles. The van der Waals surface area contributed by atoms with Crippen LogP contribution in [0.25, 0.3) is 0 Å². The predicted octanol–water partition coefficient (Wildman–Crippen LogP) is 2.66. The van der Waals surface area contributed by atoms with Gasteiger partial charge in [0.2, 0.25) is 0 Å². The Morgan fingerprint density at radius 3 is 2.35 bits per heavy atom. The minimum absolute atomic E-state index is 0.123. The van der Waals surface area contributed by atoms with Crippen LogP contribution in [0.2, 0.25) is 0 Å². The zero-order valence-corrected chi connectivity index (χ0v) is 11.8. The Bertz CT molecular complexity index is 661. The van der Waals surface area contributed by atoms with Gasteiger partial charge >= 0.3 is 0 Å². The van der Waals surface area contributed by atoms with Gasteiger partial charge in [-0.2, -0.15) is 0 Å². The highest BCUT2D eigenvalue weighted by Gasteiger charge is 2.11. The number of carbonyl (C=O) groups excluding carboxylic acids is 2. The van der Waals surface area contributed by atoms with Crippen LogP contribution in [0.3, 0.4) is 0 Å². The standard InChI is InChI=1S/C14H10BrFN2O2/c15-12-7-2-1-6-11(12)14(20)18-17-13(19)9-4-3-5-10(16)8-9/h1-8H,(H,17,19)(H,18,20). The van der Waals surface area contributed by atoms with Crippen molar-refractivity contribution in [1.29, 1.82) is 0 Å². The van der Waals surface area contributed by atoms with Crippen LogP contribution in [-0.2, 0) is 0 Å². The summed E-state index contributed by atoms with van der Waals surface area (Å²) in [7, 11) is 0. The number of halogens is 2. The Morgan fingerprint density at radius 1 is 0.950 bits per heavy atom. The van der Waals surface area contributed by atoms with Gasteiger partial charge < -0.3 is 0 Å². The molecule has 20 heavy (non-hydrogen) atoms. The van der Waals surface area contributed by atoms with E-state index in [0.29, 0.717) is 10.0 Å². The van der Waals surface area contributed by atoms with E-state index in [1.807, 2.05) is 0 Å². The van der Waals surface area contributed by atoms with E-state index in [0.717, 1.165) is 6.07 Å². The molecule has 0 aliphatic carbocycles. The van der Waals surface area contributed by atoms with E-state index in [-0.39, 0.29) is 5.56 Å². The van der Waals surface area contributed by atoms with Crippen LogP contribution in [0.1, 0.15) is 20.7 Å². The largest absolute Gasteiger partial charge is 0.270 e. The van der Waals surface area contributed by atoms with Gasteiger partial charge in [-0.25, -0.2) is 4.39 Å². The number of carbonyl (C=O) groups is 2. The van der Waals surface area contributed by atoms with Gasteiger partial charge in [0, 0.05) is 10.0 Å². The highest BCUT2D eigenvalue weighted by molar-refractivity contribution is 9.10. The van der Waals surface area contributed by atoms with Gasteiger partial charge in [0.1, 0.15) is 5.82 Å². The lowest BCUT2D eigenvalue weighted by Gasteiger charge is -2.08. The van der Waals surface area contributed by atoms with Crippen molar-refractivity contribution < 1.29 is 14.0 Å². The van der Waals surface area contributed by atoms with E-state index in [9.17, 15) is 14.0 Å². The van der Waals surface area contributed by atoms with Gasteiger partial charge in [-0.05, 0) is 46.3 Å². The molecule has 6 heteroatoms. The zero-order chi connectivity index (χ0) is 14.5. The molecule has 2 amide bonds. The van der Waals surface area contributed by atoms with Crippen LogP contribution in [-0.4, -0.2) is 11.8 Å². The first-order valence-electron chi connectivity index (χ1n) is 5.68. The number of nitrogens with one attached hydrogen (secondary N) is 2. The van der Waals surface area contributed by atoms with E-state index in [1.165, 1.54) is 18.2 Å². The van der Waals surface area contributed by atoms with Gasteiger partial charge in [0.05, 0.1) is 5.56 Å². The van der Waals surface area contributed by atoms with Gasteiger partial charge in [-0.1, -0.05) is 18.2 Å². The normalized spacial score (nSPS) is 9.90. The van der Waals surface area contributed by atoms with E-state index < -0.39 is 17.6 Å². The Morgan fingerprint density at radius 2 is 1.65 bits per heavy atom. The number of benzene rings is 2. The van der Waals surface area contributed by atoms with Crippen molar-refractivity contribution in [2.75, 3.05) is 0 Å². The van der Waals surface area contributed by atoms with Crippen molar-refractivity contribution in [2.24, 2.45) is 0 Å². The van der Waals surface area contributed by atoms with Crippen molar-refractivity contribution >= 4 is 27.7 Å². The fourth-order valence-corrected chi connectivity index (χ4v) is 1.99. The summed E-state index contributed by atoms with van der Waals surface area (Å²) in [4.78, 5) is 23.6. The van der Waals surface area contributed by atoms with Crippen molar-refractivity contribution in [1.82, 2.24) is 10.9 Å². The number of hydrazine groups is 1. The Hall–Kier alpha value is -2.21. The van der Waals surface area contributed by atoms with E-state index in [4.69, 9.17) is 0 Å². The number of hydrogen-bond donors (Lipinski definition) is 2. The van der Waals surface area contributed by atoms with Crippen LogP contribution in [0.15, 0.2) is 53.0 Å². The van der Waals surface area contributed by atoms with Crippen LogP contribution in [0.5, 0.6) is 0 Å². The van der Waals surface area contributed by atoms with E-state index in [2.05, 4.69) is 26.8 Å². The molecular weight excluding hydrogens is 327 g/mol. The first-order valence-corrected chi connectivity index (χ1v) is 6.48. The smallest absolute Gasteiger partial charge is 0.267 e. The topological polar surface area (TPSA) is 58.2 Å². The summed E-state index contributed by atoms with van der Waals surface area (Å²) in [5.41, 5.74) is 5.00. The number of amides is 2. The molecular formula is C14H10BrFN2O2. The van der Waals surface area contributed by atoms with E-state index in [1.54, 1.807) is 24.3 Å². The molecule has 2 N–H and O–H groups in total. The molecule has 2 aromatic carbocycles. The lowest BCUT2D eigenvalue weighted by atomic mass is 10.2. The number of hydrogen-bond acceptors (Lipinski definition) is 2. The highest BCUT2D eigenvalue weighted by atomic mass is 79.9. The van der Waals surface area contributed by atoms with Crippen molar-refractivity contribution in [3.05, 3.63) is 69.9 Å². The molecule has 0 atom stereocenters. The molecule has 0 radical (unpaired) electrons. The molecule has 2 rings (SSSR count). The molecule has 0 saturated carbocycles. The monoisotopic (exact) mass is 336 g/mol. The Kier molecular flexibility index (Phi) is 4.47. The second kappa shape index (κ2) is 6.29. The summed E-state index contributed by atoms with van der Waals surface area (Å²) >= 11 is 3.24. The van der Waals surface area contributed by atoms with Gasteiger partial charge in [0.15, 0.2) is 0 Å². The lowest BCUT2D eigenvalue weighted by molar-refractivity contribution is 0.0846. The molecule has 0 heterocycles. The molecule has 0 fully saturated rings. The number of rotatable bonds is 2. The molecule has 4 nitrogen and oxygen atoms in total. The summed E-state index contributed by atoms with van der Waals surface area (Å²) in [6.07, 6.45) is 0. The predicted molar refractivity (Wildman–Crippen MR) is 75.5 cm³/mol. The third kappa shape index (κ3) is 3.42. The second-order valence-corrected chi connectivity index (χ2v) is 4.75. The summed E-state index contributed by atoms with van der Waals surface area (Å²) < 4.78 is 13.6. The molecule has 2 aromatic rings. The lowest BCUT2D eigenvalue weighted by Crippen LogP contribution is -2.41. The molecule has 102 valence electrons. The maximum Gasteiger partial charge on any atom is 0.270 e. The molecule has 0 saturated heterocycles. The first-order chi connectivity index (χ1) is 9.58. The third-order valence-electron chi connectivity index (χ3n) is 2.49. The Balaban J connectivity index is 2.01. The zero-order valence-electron chi connectivity index (χ0n) is 10.2. The van der Waals surface area contributed by atoms with Crippen molar-refractivity contribution in [3.8, 4) is 0 Å². The first kappa shape index (κ1) is 14.2. The molecule has 0 bridgehead atoms. The van der Waals surface area contributed by atoms with Crippen LogP contribution in [0, 0.1) is 5.82 Å². The summed E-state index contributed by atoms with van der Waals surface area (Å²) in [5.74, 6) is -1.58. The van der Waals surface area contributed by atoms with Crippen LogP contribution in [0.4, 0.5) is 4.39 Å². The van der Waals surface area contributed by atoms with Crippen LogP contribution < -0.4 is 10.9 Å². The third-order valence-corrected chi connectivity index (χ3v) is 3.19. The maximum absolute atomic E-state index is 13.0. The molecule has 0 aromatic heterocycles. The average Bonchev–Trinajstić information content (AvgIpc) is 2.45. The minimum Gasteiger partial charge on any atom is -0.267 e. The molecule has 0 aliphatic rings. The van der Waals surface area contributed by atoms with Gasteiger partial charge in [-0.15, -0.1) is 0 Å². The highest BCUT2D eigenvalue weighted by Crippen LogP contribution is 2.15. The average molecular weight is 337 g/mol. The van der Waals surface area contributed by atoms with Crippen molar-refractivity contribution in [2.45, 2.75) is 0 Å². The molecule has 0 unspecified atom stereocenters. The summed E-state index contributed by atoms with van der Waals surface area (Å²) in [6, 6.07) is 12.0. The maximum atomic E-state index is 13.0. The molecule has 0 spiro atoms. The summed E-state index contributed by atoms with van der Waals surface area (Å²) in [6.45, 7) is 0. The second-order valence-electron chi connectivity index (χ2n) is 3.90. The Labute approximate surface area is 123 Å². The minimum atomic E-state index is -0.593. The fraction of sp³-hybridized carbons (Fsp3) is 0. The van der Waals surface area contributed by atoms with Crippen molar-refractivity contribution in [3.63, 3.8) is 0 Å². The SMILES string of the molecule is O=C(NNC(=O)c1ccccc1Br)c1cccc(F)c1. The van der Waals surface area contributed by atoms with Gasteiger partial charge in [0.25, 0.3) is 11.8 Å². The summed E-state index contributed by atoms with van der Waals surface area (Å²) in [5, 5.41) is 0. The van der Waals surface area contributed by atoms with Crippen LogP contribution >= 0.6 is 15.9 Å².